The van der Waals surface area contributed by atoms with Crippen molar-refractivity contribution in [3.05, 3.63) is 0 Å². The first-order chi connectivity index (χ1) is 19.6. The summed E-state index contributed by atoms with van der Waals surface area (Å²) in [5.74, 6) is -0.655. The number of unbranched alkanes of at least 4 members (excludes halogenated alkanes) is 12. The first-order valence-corrected chi connectivity index (χ1v) is 15.1. The number of hydrogen-bond acceptors (Lipinski definition) is 12. The Morgan fingerprint density at radius 3 is 1.56 bits per heavy atom. The van der Waals surface area contributed by atoms with Crippen molar-refractivity contribution < 1.29 is 65.0 Å². The molecule has 0 amide bonds. The van der Waals surface area contributed by atoms with Crippen molar-refractivity contribution >= 4 is 5.97 Å². The van der Waals surface area contributed by atoms with Crippen molar-refractivity contribution in [2.24, 2.45) is 0 Å². The fourth-order valence-electron chi connectivity index (χ4n) is 4.86. The van der Waals surface area contributed by atoms with E-state index in [1.807, 2.05) is 0 Å². The van der Waals surface area contributed by atoms with Gasteiger partial charge in [0.05, 0.1) is 13.2 Å². The fourth-order valence-corrected chi connectivity index (χ4v) is 4.86. The topological polar surface area (TPSA) is 227 Å². The summed E-state index contributed by atoms with van der Waals surface area (Å²) in [6, 6.07) is 0. The Kier molecular flexibility index (Phi) is 20.1. The molecule has 0 radical (unpaired) electrons. The van der Waals surface area contributed by atoms with Crippen LogP contribution in [-0.2, 0) is 19.0 Å². The molecule has 2 fully saturated rings. The van der Waals surface area contributed by atoms with Gasteiger partial charge < -0.3 is 60.2 Å². The van der Waals surface area contributed by atoms with Crippen LogP contribution in [0.4, 0.5) is 0 Å². The molecular weight excluding hydrogens is 544 g/mol. The number of hydrogen-bond donors (Lipinski definition) is 9. The molecule has 2 heterocycles. The molecule has 244 valence electrons. The summed E-state index contributed by atoms with van der Waals surface area (Å²) in [5.41, 5.74) is 0. The lowest BCUT2D eigenvalue weighted by atomic mass is 9.97. The highest BCUT2D eigenvalue weighted by Gasteiger charge is 2.50. The van der Waals surface area contributed by atoms with E-state index in [-0.39, 0.29) is 0 Å². The van der Waals surface area contributed by atoms with Crippen LogP contribution in [0, 0.1) is 0 Å². The SMILES string of the molecule is CCCCCCCCCCCCCCCC(=O)O.OC[C@H]1O[C@H](O[C@H]2[C@H](O)[C@@H](O)[C@H](O)O[C@@H]2CO)[C@H](O)[C@@H](O)[C@@H]1O. The Morgan fingerprint density at radius 2 is 1.10 bits per heavy atom. The summed E-state index contributed by atoms with van der Waals surface area (Å²) in [7, 11) is 0. The number of aliphatic hydroxyl groups is 8. The van der Waals surface area contributed by atoms with Crippen LogP contribution in [0.25, 0.3) is 0 Å². The van der Waals surface area contributed by atoms with Crippen LogP contribution in [0.15, 0.2) is 0 Å². The maximum Gasteiger partial charge on any atom is 0.303 e. The van der Waals surface area contributed by atoms with Gasteiger partial charge in [-0.1, -0.05) is 84.0 Å². The number of carbonyl (C=O) groups is 1. The Bertz CT molecular complexity index is 665. The van der Waals surface area contributed by atoms with Gasteiger partial charge in [0.2, 0.25) is 0 Å². The molecule has 9 N–H and O–H groups in total. The van der Waals surface area contributed by atoms with Crippen molar-refractivity contribution in [3.8, 4) is 0 Å². The average molecular weight is 599 g/mol. The molecule has 0 aromatic rings. The quantitative estimate of drug-likeness (QED) is 0.0959. The predicted octanol–water partition coefficient (Wildman–Crippen LogP) is 0.155. The van der Waals surface area contributed by atoms with Crippen LogP contribution < -0.4 is 0 Å². The van der Waals surface area contributed by atoms with Crippen LogP contribution in [0.1, 0.15) is 96.8 Å². The van der Waals surface area contributed by atoms with Gasteiger partial charge in [-0.05, 0) is 6.42 Å². The summed E-state index contributed by atoms with van der Waals surface area (Å²) < 4.78 is 15.3. The number of aliphatic hydroxyl groups excluding tert-OH is 8. The molecule has 0 saturated carbocycles. The highest BCUT2D eigenvalue weighted by molar-refractivity contribution is 5.66. The standard InChI is InChI=1S/C16H32O2.C12H22O11/c1-2-3-4-5-6-7-8-9-10-11-12-13-14-15-16(17)18;13-1-3-5(15)6(16)9(19)12(22-3)23-10-4(2-14)21-11(20)8(18)7(10)17/h2-15H2,1H3,(H,17,18);3-20H,1-2H2/t;3-,4-,5-,6+,7-,8-,9-,10-,11-,12-/m.1/s1. The van der Waals surface area contributed by atoms with E-state index >= 15 is 0 Å². The normalized spacial score (nSPS) is 33.7. The molecule has 2 aliphatic heterocycles. The van der Waals surface area contributed by atoms with E-state index in [4.69, 9.17) is 24.4 Å². The van der Waals surface area contributed by atoms with Gasteiger partial charge in [0, 0.05) is 6.42 Å². The van der Waals surface area contributed by atoms with Crippen molar-refractivity contribution in [1.82, 2.24) is 0 Å². The number of carboxylic acids is 1. The second-order valence-electron chi connectivity index (χ2n) is 10.9. The molecule has 2 aliphatic rings. The maximum absolute atomic E-state index is 10.3. The van der Waals surface area contributed by atoms with Crippen LogP contribution in [-0.4, -0.2) is 127 Å². The second-order valence-corrected chi connectivity index (χ2v) is 10.9. The van der Waals surface area contributed by atoms with Gasteiger partial charge in [0.1, 0.15) is 48.8 Å². The lowest BCUT2D eigenvalue weighted by Gasteiger charge is -2.45. The summed E-state index contributed by atoms with van der Waals surface area (Å²) in [4.78, 5) is 10.3. The minimum atomic E-state index is -1.74. The molecule has 41 heavy (non-hydrogen) atoms. The van der Waals surface area contributed by atoms with Crippen LogP contribution in [0.5, 0.6) is 0 Å². The molecule has 13 heteroatoms. The van der Waals surface area contributed by atoms with Crippen molar-refractivity contribution in [3.63, 3.8) is 0 Å². The number of ether oxygens (including phenoxy) is 3. The second kappa shape index (κ2) is 21.7. The Balaban J connectivity index is 0.000000425. The smallest absolute Gasteiger partial charge is 0.303 e. The maximum atomic E-state index is 10.3. The van der Waals surface area contributed by atoms with E-state index < -0.39 is 80.6 Å². The lowest BCUT2D eigenvalue weighted by Crippen LogP contribution is -2.64. The molecule has 13 nitrogen and oxygen atoms in total. The first-order valence-electron chi connectivity index (χ1n) is 15.1. The van der Waals surface area contributed by atoms with E-state index in [9.17, 15) is 40.5 Å². The number of carboxylic acid groups (broad SMARTS) is 1. The van der Waals surface area contributed by atoms with Gasteiger partial charge in [-0.25, -0.2) is 0 Å². The fraction of sp³-hybridized carbons (Fsp3) is 0.964. The van der Waals surface area contributed by atoms with Crippen LogP contribution in [0.3, 0.4) is 0 Å². The van der Waals surface area contributed by atoms with Gasteiger partial charge in [0.25, 0.3) is 0 Å². The lowest BCUT2D eigenvalue weighted by molar-refractivity contribution is -0.355. The van der Waals surface area contributed by atoms with Gasteiger partial charge in [-0.15, -0.1) is 0 Å². The zero-order valence-electron chi connectivity index (χ0n) is 24.2. The van der Waals surface area contributed by atoms with E-state index in [2.05, 4.69) is 6.92 Å². The van der Waals surface area contributed by atoms with E-state index in [0.29, 0.717) is 6.42 Å². The Hall–Kier alpha value is -0.970. The zero-order valence-corrected chi connectivity index (χ0v) is 24.2. The monoisotopic (exact) mass is 598 g/mol. The van der Waals surface area contributed by atoms with Crippen molar-refractivity contribution in [1.29, 1.82) is 0 Å². The zero-order chi connectivity index (χ0) is 30.8. The number of rotatable bonds is 18. The molecule has 0 aromatic carbocycles. The third-order valence-electron chi connectivity index (χ3n) is 7.47. The Morgan fingerprint density at radius 1 is 0.610 bits per heavy atom. The molecular formula is C28H54O13. The molecule has 0 aliphatic carbocycles. The molecule has 0 unspecified atom stereocenters. The Labute approximate surface area is 242 Å². The van der Waals surface area contributed by atoms with Crippen LogP contribution >= 0.6 is 0 Å². The van der Waals surface area contributed by atoms with Gasteiger partial charge in [-0.2, -0.15) is 0 Å². The van der Waals surface area contributed by atoms with Gasteiger partial charge >= 0.3 is 5.97 Å². The van der Waals surface area contributed by atoms with E-state index in [0.717, 1.165) is 12.8 Å². The predicted molar refractivity (Wildman–Crippen MR) is 147 cm³/mol. The largest absolute Gasteiger partial charge is 0.481 e. The molecule has 0 bridgehead atoms. The highest BCUT2D eigenvalue weighted by atomic mass is 16.7. The average Bonchev–Trinajstić information content (AvgIpc) is 2.95. The van der Waals surface area contributed by atoms with Gasteiger partial charge in [0.15, 0.2) is 12.6 Å². The van der Waals surface area contributed by atoms with Crippen LogP contribution in [0.2, 0.25) is 0 Å². The summed E-state index contributed by atoms with van der Waals surface area (Å²) in [6.45, 7) is 0.915. The van der Waals surface area contributed by atoms with E-state index in [1.165, 1.54) is 70.6 Å². The molecule has 10 atom stereocenters. The highest BCUT2D eigenvalue weighted by Crippen LogP contribution is 2.28. The third-order valence-corrected chi connectivity index (χ3v) is 7.47. The molecule has 2 saturated heterocycles. The molecule has 0 spiro atoms. The summed E-state index contributed by atoms with van der Waals surface area (Å²) >= 11 is 0. The molecule has 2 rings (SSSR count). The summed E-state index contributed by atoms with van der Waals surface area (Å²) in [6.07, 6.45) is 1.70. The van der Waals surface area contributed by atoms with E-state index in [1.54, 1.807) is 0 Å². The van der Waals surface area contributed by atoms with Crippen molar-refractivity contribution in [2.75, 3.05) is 13.2 Å². The molecule has 0 aromatic heterocycles. The van der Waals surface area contributed by atoms with Gasteiger partial charge in [-0.3, -0.25) is 4.79 Å². The minimum absolute atomic E-state index is 0.345. The first kappa shape index (κ1) is 38.1. The van der Waals surface area contributed by atoms with Crippen molar-refractivity contribution in [2.45, 2.75) is 158 Å². The minimum Gasteiger partial charge on any atom is -0.481 e. The summed E-state index contributed by atoms with van der Waals surface area (Å²) in [5, 5.41) is 85.0. The number of aliphatic carboxylic acids is 1. The third kappa shape index (κ3) is 13.9.